The second-order valence-corrected chi connectivity index (χ2v) is 12.1. The molecule has 2 aromatic carbocycles. The van der Waals surface area contributed by atoms with Crippen LogP contribution in [0, 0.1) is 6.92 Å². The molecule has 9 heteroatoms. The van der Waals surface area contributed by atoms with E-state index in [0.717, 1.165) is 60.2 Å². The monoisotopic (exact) mass is 533 g/mol. The number of hydrogen-bond donors (Lipinski definition) is 4. The lowest BCUT2D eigenvalue weighted by Crippen LogP contribution is -2.53. The third-order valence-electron chi connectivity index (χ3n) is 8.46. The zero-order valence-corrected chi connectivity index (χ0v) is 22.7. The number of likely N-dealkylation sites (N-methyl/N-ethyl adjacent to an activating group) is 1. The lowest BCUT2D eigenvalue weighted by molar-refractivity contribution is -0.124. The molecule has 3 aromatic rings. The molecule has 1 saturated carbocycles. The molecule has 7 N–H and O–H groups in total. The zero-order valence-electron chi connectivity index (χ0n) is 21.9. The predicted molar refractivity (Wildman–Crippen MR) is 151 cm³/mol. The highest BCUT2D eigenvalue weighted by molar-refractivity contribution is 7.21. The number of hydrogen-bond acceptors (Lipinski definition) is 8. The van der Waals surface area contributed by atoms with Crippen molar-refractivity contribution in [3.63, 3.8) is 0 Å². The number of anilines is 1. The maximum atomic E-state index is 14.1. The summed E-state index contributed by atoms with van der Waals surface area (Å²) < 4.78 is 6.81. The zero-order chi connectivity index (χ0) is 26.8. The number of nitrogens with two attached hydrogens (primary N) is 3. The van der Waals surface area contributed by atoms with Gasteiger partial charge in [-0.25, -0.2) is 0 Å². The van der Waals surface area contributed by atoms with Gasteiger partial charge in [-0.15, -0.1) is 11.3 Å². The fraction of sp³-hybridized carbons (Fsp3) is 0.448. The second kappa shape index (κ2) is 9.34. The number of carbonyl (C=O) groups is 2. The van der Waals surface area contributed by atoms with Gasteiger partial charge >= 0.3 is 0 Å². The first-order chi connectivity index (χ1) is 18.2. The van der Waals surface area contributed by atoms with E-state index in [1.54, 1.807) is 6.07 Å². The Kier molecular flexibility index (Phi) is 6.22. The number of Topliss-reactive ketones (excluding diaryl/α,β-unsaturated/α-hetero) is 1. The van der Waals surface area contributed by atoms with Gasteiger partial charge in [0.1, 0.15) is 11.3 Å². The molecule has 1 saturated heterocycles. The van der Waals surface area contributed by atoms with E-state index in [2.05, 4.69) is 17.3 Å². The Morgan fingerprint density at radius 2 is 1.92 bits per heavy atom. The molecule has 0 spiro atoms. The molecule has 3 atom stereocenters. The third-order valence-corrected chi connectivity index (χ3v) is 9.71. The van der Waals surface area contributed by atoms with E-state index in [0.29, 0.717) is 27.3 Å². The normalized spacial score (nSPS) is 25.8. The van der Waals surface area contributed by atoms with Crippen molar-refractivity contribution >= 4 is 38.8 Å². The molecule has 0 bridgehead atoms. The van der Waals surface area contributed by atoms with Crippen molar-refractivity contribution < 1.29 is 14.3 Å². The van der Waals surface area contributed by atoms with Crippen molar-refractivity contribution in [1.82, 2.24) is 10.2 Å². The second-order valence-electron chi connectivity index (χ2n) is 11.1. The van der Waals surface area contributed by atoms with Gasteiger partial charge in [0.05, 0.1) is 21.7 Å². The number of amides is 1. The highest BCUT2D eigenvalue weighted by Gasteiger charge is 2.49. The van der Waals surface area contributed by atoms with E-state index < -0.39 is 11.6 Å². The van der Waals surface area contributed by atoms with Crippen LogP contribution in [0.25, 0.3) is 10.1 Å². The van der Waals surface area contributed by atoms with Crippen molar-refractivity contribution in [2.24, 2.45) is 11.5 Å². The van der Waals surface area contributed by atoms with Crippen LogP contribution < -0.4 is 27.3 Å². The number of benzene rings is 2. The van der Waals surface area contributed by atoms with E-state index in [1.807, 2.05) is 31.2 Å². The number of piperidine rings is 1. The first kappa shape index (κ1) is 25.3. The van der Waals surface area contributed by atoms with Crippen LogP contribution in [0.1, 0.15) is 70.1 Å². The van der Waals surface area contributed by atoms with Crippen molar-refractivity contribution in [2.75, 3.05) is 25.9 Å². The van der Waals surface area contributed by atoms with Crippen LogP contribution in [-0.2, 0) is 10.3 Å². The lowest BCUT2D eigenvalue weighted by Gasteiger charge is -2.37. The van der Waals surface area contributed by atoms with Gasteiger partial charge < -0.3 is 32.2 Å². The Labute approximate surface area is 226 Å². The minimum absolute atomic E-state index is 0.0444. The van der Waals surface area contributed by atoms with Gasteiger partial charge in [-0.05, 0) is 87.5 Å². The highest BCUT2D eigenvalue weighted by atomic mass is 32.1. The Morgan fingerprint density at radius 3 is 2.61 bits per heavy atom. The van der Waals surface area contributed by atoms with Crippen LogP contribution in [-0.4, -0.2) is 48.9 Å². The van der Waals surface area contributed by atoms with Gasteiger partial charge in [-0.3, -0.25) is 9.59 Å². The summed E-state index contributed by atoms with van der Waals surface area (Å²) in [6, 6.07) is 8.27. The molecular weight excluding hydrogens is 498 g/mol. The molecule has 1 amide bonds. The van der Waals surface area contributed by atoms with E-state index in [9.17, 15) is 9.59 Å². The van der Waals surface area contributed by atoms with Crippen LogP contribution in [0.3, 0.4) is 0 Å². The summed E-state index contributed by atoms with van der Waals surface area (Å²) in [5.74, 6) is 0.225. The Bertz CT molecular complexity index is 1450. The first-order valence-electron chi connectivity index (χ1n) is 13.4. The predicted octanol–water partition coefficient (Wildman–Crippen LogP) is 3.33. The molecule has 2 heterocycles. The van der Waals surface area contributed by atoms with E-state index in [-0.39, 0.29) is 23.8 Å². The standard InChI is InChI=1S/C29H35N5O3S/c1-15-13-18(37-17-6-3-7-17)8-9-19(15)29(32)20-10-11-21(30)25-22(20)23(24(31)27(29)35)26(38-25)28(36)33-16-5-4-12-34(2)14-16/h8-11,13,16-17,24H,3-7,12,14,30-32H2,1-2H3,(H,33,36). The molecule has 200 valence electrons. The maximum absolute atomic E-state index is 14.1. The average molecular weight is 534 g/mol. The van der Waals surface area contributed by atoms with E-state index >= 15 is 0 Å². The number of nitrogens with one attached hydrogen (secondary N) is 1. The fourth-order valence-electron chi connectivity index (χ4n) is 6.20. The molecule has 3 aliphatic rings. The first-order valence-corrected chi connectivity index (χ1v) is 14.2. The van der Waals surface area contributed by atoms with Crippen molar-refractivity contribution in [3.05, 3.63) is 57.5 Å². The summed E-state index contributed by atoms with van der Waals surface area (Å²) in [7, 11) is 2.05. The van der Waals surface area contributed by atoms with Gasteiger partial charge in [0.15, 0.2) is 5.78 Å². The van der Waals surface area contributed by atoms with Crippen molar-refractivity contribution in [1.29, 1.82) is 0 Å². The number of nitrogens with zero attached hydrogens (tertiary/aromatic N) is 1. The minimum Gasteiger partial charge on any atom is -0.490 e. The SMILES string of the molecule is Cc1cc(OC2CCC2)ccc1C1(N)C(=O)C(N)c2c(C(=O)NC3CCCN(C)C3)sc3c(N)ccc1c23. The highest BCUT2D eigenvalue weighted by Crippen LogP contribution is 2.50. The maximum Gasteiger partial charge on any atom is 0.262 e. The van der Waals surface area contributed by atoms with Crippen LogP contribution >= 0.6 is 11.3 Å². The van der Waals surface area contributed by atoms with Gasteiger partial charge in [0.2, 0.25) is 0 Å². The number of rotatable bonds is 5. The number of nitrogen functional groups attached to an aromatic ring is 1. The topological polar surface area (TPSA) is 137 Å². The van der Waals surface area contributed by atoms with Crippen LogP contribution in [0.15, 0.2) is 30.3 Å². The molecule has 8 nitrogen and oxygen atoms in total. The summed E-state index contributed by atoms with van der Waals surface area (Å²) >= 11 is 1.29. The van der Waals surface area contributed by atoms with Crippen molar-refractivity contribution in [2.45, 2.75) is 62.8 Å². The molecule has 38 heavy (non-hydrogen) atoms. The summed E-state index contributed by atoms with van der Waals surface area (Å²) in [6.07, 6.45) is 5.50. The number of thiophene rings is 1. The third kappa shape index (κ3) is 3.91. The van der Waals surface area contributed by atoms with Crippen LogP contribution in [0.5, 0.6) is 5.75 Å². The van der Waals surface area contributed by atoms with Crippen LogP contribution in [0.4, 0.5) is 5.69 Å². The molecule has 1 aromatic heterocycles. The average Bonchev–Trinajstić information content (AvgIpc) is 3.26. The summed E-state index contributed by atoms with van der Waals surface area (Å²) in [6.45, 7) is 3.75. The molecular formula is C29H35N5O3S. The molecule has 6 rings (SSSR count). The summed E-state index contributed by atoms with van der Waals surface area (Å²) in [5.41, 5.74) is 21.9. The Balaban J connectivity index is 1.44. The van der Waals surface area contributed by atoms with E-state index in [1.165, 1.54) is 17.8 Å². The molecule has 2 aliphatic carbocycles. The fourth-order valence-corrected chi connectivity index (χ4v) is 7.40. The molecule has 2 fully saturated rings. The van der Waals surface area contributed by atoms with Gasteiger partial charge in [0.25, 0.3) is 5.91 Å². The summed E-state index contributed by atoms with van der Waals surface area (Å²) in [4.78, 5) is 30.3. The van der Waals surface area contributed by atoms with Gasteiger partial charge in [0, 0.05) is 29.2 Å². The minimum atomic E-state index is -1.47. The largest absolute Gasteiger partial charge is 0.490 e. The molecule has 0 radical (unpaired) electrons. The number of likely N-dealkylation sites (tertiary alicyclic amines) is 1. The van der Waals surface area contributed by atoms with Gasteiger partial charge in [-0.1, -0.05) is 12.1 Å². The molecule has 1 aliphatic heterocycles. The summed E-state index contributed by atoms with van der Waals surface area (Å²) in [5, 5.41) is 3.90. The molecule has 3 unspecified atom stereocenters. The Morgan fingerprint density at radius 1 is 1.16 bits per heavy atom. The van der Waals surface area contributed by atoms with E-state index in [4.69, 9.17) is 21.9 Å². The van der Waals surface area contributed by atoms with Crippen molar-refractivity contribution in [3.8, 4) is 5.75 Å². The quantitative estimate of drug-likeness (QED) is 0.369. The lowest BCUT2D eigenvalue weighted by atomic mass is 9.69. The number of ether oxygens (including phenoxy) is 1. The number of carbonyl (C=O) groups excluding carboxylic acids is 2. The number of ketones is 1. The van der Waals surface area contributed by atoms with Crippen LogP contribution in [0.2, 0.25) is 0 Å². The smallest absolute Gasteiger partial charge is 0.262 e. The number of aryl methyl sites for hydroxylation is 1. The van der Waals surface area contributed by atoms with Gasteiger partial charge in [-0.2, -0.15) is 0 Å². The Hall–Kier alpha value is -2.98.